The summed E-state index contributed by atoms with van der Waals surface area (Å²) in [5.74, 6) is 0. The second-order valence-corrected chi connectivity index (χ2v) is 5.33. The van der Waals surface area contributed by atoms with Crippen molar-refractivity contribution in [2.75, 3.05) is 30.4 Å². The predicted molar refractivity (Wildman–Crippen MR) is 69.0 cm³/mol. The van der Waals surface area contributed by atoms with Gasteiger partial charge >= 0.3 is 0 Å². The second kappa shape index (κ2) is 4.32. The Kier molecular flexibility index (Phi) is 3.03. The molecule has 3 nitrogen and oxygen atoms in total. The first-order chi connectivity index (χ1) is 7.61. The molecular weight excluding hydrogens is 198 g/mol. The van der Waals surface area contributed by atoms with Gasteiger partial charge in [0.2, 0.25) is 0 Å². The monoisotopic (exact) mass is 219 g/mol. The van der Waals surface area contributed by atoms with Gasteiger partial charge in [0.05, 0.1) is 23.8 Å². The third kappa shape index (κ3) is 2.46. The van der Waals surface area contributed by atoms with Gasteiger partial charge in [0.1, 0.15) is 0 Å². The minimum atomic E-state index is 0.505. The number of piperidine rings is 1. The van der Waals surface area contributed by atoms with Crippen LogP contribution < -0.4 is 10.2 Å². The van der Waals surface area contributed by atoms with Crippen LogP contribution in [0.25, 0.3) is 0 Å². The Morgan fingerprint density at radius 2 is 1.94 bits per heavy atom. The lowest BCUT2D eigenvalue weighted by atomic mass is 9.82. The SMILES string of the molecule is CNc1cncc(N2CCC(C)(C)CC2)c1. The van der Waals surface area contributed by atoms with Crippen molar-refractivity contribution < 1.29 is 0 Å². The Bertz CT molecular complexity index is 350. The van der Waals surface area contributed by atoms with E-state index in [-0.39, 0.29) is 0 Å². The van der Waals surface area contributed by atoms with Crippen LogP contribution in [0.1, 0.15) is 26.7 Å². The van der Waals surface area contributed by atoms with Gasteiger partial charge in [0, 0.05) is 20.1 Å². The summed E-state index contributed by atoms with van der Waals surface area (Å²) in [5, 5.41) is 3.13. The molecule has 3 heteroatoms. The van der Waals surface area contributed by atoms with Gasteiger partial charge in [-0.15, -0.1) is 0 Å². The van der Waals surface area contributed by atoms with Gasteiger partial charge in [-0.2, -0.15) is 0 Å². The van der Waals surface area contributed by atoms with E-state index in [9.17, 15) is 0 Å². The summed E-state index contributed by atoms with van der Waals surface area (Å²) >= 11 is 0. The average molecular weight is 219 g/mol. The molecule has 0 spiro atoms. The van der Waals surface area contributed by atoms with Gasteiger partial charge in [-0.1, -0.05) is 13.8 Å². The molecule has 0 aliphatic carbocycles. The zero-order valence-corrected chi connectivity index (χ0v) is 10.5. The van der Waals surface area contributed by atoms with E-state index in [0.717, 1.165) is 18.8 Å². The molecule has 1 saturated heterocycles. The predicted octanol–water partition coefficient (Wildman–Crippen LogP) is 2.75. The van der Waals surface area contributed by atoms with E-state index in [4.69, 9.17) is 0 Å². The largest absolute Gasteiger partial charge is 0.387 e. The maximum Gasteiger partial charge on any atom is 0.0573 e. The number of nitrogens with zero attached hydrogens (tertiary/aromatic N) is 2. The first-order valence-corrected chi connectivity index (χ1v) is 5.98. The summed E-state index contributed by atoms with van der Waals surface area (Å²) < 4.78 is 0. The van der Waals surface area contributed by atoms with E-state index in [2.05, 4.69) is 35.1 Å². The van der Waals surface area contributed by atoms with Crippen molar-refractivity contribution >= 4 is 11.4 Å². The van der Waals surface area contributed by atoms with E-state index in [1.165, 1.54) is 18.5 Å². The van der Waals surface area contributed by atoms with Gasteiger partial charge in [-0.25, -0.2) is 0 Å². The lowest BCUT2D eigenvalue weighted by molar-refractivity contribution is 0.280. The summed E-state index contributed by atoms with van der Waals surface area (Å²) in [6, 6.07) is 2.17. The van der Waals surface area contributed by atoms with Crippen LogP contribution >= 0.6 is 0 Å². The lowest BCUT2D eigenvalue weighted by Crippen LogP contribution is -2.37. The zero-order valence-electron chi connectivity index (χ0n) is 10.5. The number of aromatic nitrogens is 1. The molecule has 16 heavy (non-hydrogen) atoms. The lowest BCUT2D eigenvalue weighted by Gasteiger charge is -2.38. The molecule has 1 fully saturated rings. The minimum absolute atomic E-state index is 0.505. The second-order valence-electron chi connectivity index (χ2n) is 5.33. The molecule has 1 aliphatic rings. The third-order valence-corrected chi connectivity index (χ3v) is 3.49. The summed E-state index contributed by atoms with van der Waals surface area (Å²) in [6.07, 6.45) is 6.34. The quantitative estimate of drug-likeness (QED) is 0.829. The number of hydrogen-bond acceptors (Lipinski definition) is 3. The molecule has 0 aromatic carbocycles. The van der Waals surface area contributed by atoms with E-state index in [0.29, 0.717) is 5.41 Å². The van der Waals surface area contributed by atoms with E-state index in [1.807, 2.05) is 19.4 Å². The molecule has 0 atom stereocenters. The first kappa shape index (κ1) is 11.2. The van der Waals surface area contributed by atoms with Crippen molar-refractivity contribution in [3.05, 3.63) is 18.5 Å². The number of anilines is 2. The zero-order chi connectivity index (χ0) is 11.6. The molecular formula is C13H21N3. The van der Waals surface area contributed by atoms with Crippen LogP contribution in [-0.4, -0.2) is 25.1 Å². The average Bonchev–Trinajstić information content (AvgIpc) is 2.29. The molecule has 1 N–H and O–H groups in total. The highest BCUT2D eigenvalue weighted by molar-refractivity contribution is 5.55. The topological polar surface area (TPSA) is 28.2 Å². The normalized spacial score (nSPS) is 19.6. The molecule has 0 bridgehead atoms. The number of rotatable bonds is 2. The Labute approximate surface area is 97.9 Å². The molecule has 2 rings (SSSR count). The fourth-order valence-electron chi connectivity index (χ4n) is 2.11. The number of nitrogens with one attached hydrogen (secondary N) is 1. The van der Waals surface area contributed by atoms with Crippen molar-refractivity contribution in [3.8, 4) is 0 Å². The van der Waals surface area contributed by atoms with Crippen LogP contribution in [0.4, 0.5) is 11.4 Å². The van der Waals surface area contributed by atoms with Crippen molar-refractivity contribution in [1.29, 1.82) is 0 Å². The molecule has 1 aliphatic heterocycles. The fourth-order valence-corrected chi connectivity index (χ4v) is 2.11. The highest BCUT2D eigenvalue weighted by Crippen LogP contribution is 2.32. The van der Waals surface area contributed by atoms with E-state index in [1.54, 1.807) is 0 Å². The number of hydrogen-bond donors (Lipinski definition) is 1. The van der Waals surface area contributed by atoms with Crippen LogP contribution in [0.5, 0.6) is 0 Å². The molecule has 88 valence electrons. The van der Waals surface area contributed by atoms with Gasteiger partial charge < -0.3 is 10.2 Å². The summed E-state index contributed by atoms with van der Waals surface area (Å²) in [6.45, 7) is 6.99. The van der Waals surface area contributed by atoms with Crippen molar-refractivity contribution in [1.82, 2.24) is 4.98 Å². The van der Waals surface area contributed by atoms with Crippen molar-refractivity contribution in [2.24, 2.45) is 5.41 Å². The Morgan fingerprint density at radius 3 is 2.56 bits per heavy atom. The Balaban J connectivity index is 2.08. The van der Waals surface area contributed by atoms with Crippen LogP contribution in [-0.2, 0) is 0 Å². The molecule has 0 saturated carbocycles. The minimum Gasteiger partial charge on any atom is -0.387 e. The highest BCUT2D eigenvalue weighted by Gasteiger charge is 2.25. The Hall–Kier alpha value is -1.25. The molecule has 1 aromatic heterocycles. The molecule has 0 radical (unpaired) electrons. The van der Waals surface area contributed by atoms with Crippen molar-refractivity contribution in [2.45, 2.75) is 26.7 Å². The molecule has 0 amide bonds. The summed E-state index contributed by atoms with van der Waals surface area (Å²) in [4.78, 5) is 6.69. The fraction of sp³-hybridized carbons (Fsp3) is 0.615. The van der Waals surface area contributed by atoms with Crippen LogP contribution in [0.3, 0.4) is 0 Å². The molecule has 0 unspecified atom stereocenters. The van der Waals surface area contributed by atoms with Gasteiger partial charge in [0.15, 0.2) is 0 Å². The standard InChI is InChI=1S/C13H21N3/c1-13(2)4-6-16(7-5-13)12-8-11(14-3)9-15-10-12/h8-10,14H,4-7H2,1-3H3. The van der Waals surface area contributed by atoms with E-state index >= 15 is 0 Å². The highest BCUT2D eigenvalue weighted by atomic mass is 15.1. The third-order valence-electron chi connectivity index (χ3n) is 3.49. The van der Waals surface area contributed by atoms with Crippen molar-refractivity contribution in [3.63, 3.8) is 0 Å². The van der Waals surface area contributed by atoms with Gasteiger partial charge in [0.25, 0.3) is 0 Å². The van der Waals surface area contributed by atoms with Gasteiger partial charge in [-0.05, 0) is 24.3 Å². The van der Waals surface area contributed by atoms with Crippen LogP contribution in [0, 0.1) is 5.41 Å². The number of pyridine rings is 1. The first-order valence-electron chi connectivity index (χ1n) is 5.98. The van der Waals surface area contributed by atoms with Gasteiger partial charge in [-0.3, -0.25) is 4.98 Å². The Morgan fingerprint density at radius 1 is 1.25 bits per heavy atom. The van der Waals surface area contributed by atoms with Crippen LogP contribution in [0.2, 0.25) is 0 Å². The van der Waals surface area contributed by atoms with E-state index < -0.39 is 0 Å². The smallest absolute Gasteiger partial charge is 0.0573 e. The summed E-state index contributed by atoms with van der Waals surface area (Å²) in [5.41, 5.74) is 2.83. The van der Waals surface area contributed by atoms with Crippen LogP contribution in [0.15, 0.2) is 18.5 Å². The maximum absolute atomic E-state index is 4.26. The molecule has 1 aromatic rings. The summed E-state index contributed by atoms with van der Waals surface area (Å²) in [7, 11) is 1.93. The maximum atomic E-state index is 4.26. The molecule has 2 heterocycles.